The quantitative estimate of drug-likeness (QED) is 0.891. The molecule has 0 spiro atoms. The van der Waals surface area contributed by atoms with Crippen molar-refractivity contribution in [2.75, 3.05) is 0 Å². The lowest BCUT2D eigenvalue weighted by molar-refractivity contribution is 0.172. The third-order valence-electron chi connectivity index (χ3n) is 2.81. The van der Waals surface area contributed by atoms with Gasteiger partial charge in [-0.05, 0) is 31.5 Å². The fourth-order valence-corrected chi connectivity index (χ4v) is 1.79. The maximum Gasteiger partial charge on any atom is 0.219 e. The van der Waals surface area contributed by atoms with Gasteiger partial charge in [0.2, 0.25) is 5.88 Å². The fourth-order valence-electron chi connectivity index (χ4n) is 1.79. The van der Waals surface area contributed by atoms with Crippen molar-refractivity contribution in [3.8, 4) is 11.6 Å². The van der Waals surface area contributed by atoms with Gasteiger partial charge < -0.3 is 9.84 Å². The smallest absolute Gasteiger partial charge is 0.219 e. The molecule has 2 rings (SSSR count). The molecule has 1 heterocycles. The van der Waals surface area contributed by atoms with E-state index >= 15 is 0 Å². The third kappa shape index (κ3) is 2.87. The Kier molecular flexibility index (Phi) is 3.95. The van der Waals surface area contributed by atoms with Crippen LogP contribution in [0, 0.1) is 6.92 Å². The molecule has 0 saturated carbocycles. The number of rotatable bonds is 4. The Labute approximate surface area is 107 Å². The summed E-state index contributed by atoms with van der Waals surface area (Å²) in [6.07, 6.45) is 0.227. The highest BCUT2D eigenvalue weighted by Gasteiger charge is 2.10. The molecule has 0 unspecified atom stereocenters. The SMILES string of the molecule is CC[C@@H](O)c1ccc(Oc2ccccc2)nc1C. The van der Waals surface area contributed by atoms with Crippen LogP contribution in [-0.2, 0) is 0 Å². The molecule has 1 aromatic heterocycles. The van der Waals surface area contributed by atoms with Crippen LogP contribution < -0.4 is 4.74 Å². The van der Waals surface area contributed by atoms with Gasteiger partial charge in [-0.1, -0.05) is 25.1 Å². The maximum atomic E-state index is 9.81. The zero-order chi connectivity index (χ0) is 13.0. The van der Waals surface area contributed by atoms with E-state index in [4.69, 9.17) is 4.74 Å². The van der Waals surface area contributed by atoms with Gasteiger partial charge in [-0.15, -0.1) is 0 Å². The van der Waals surface area contributed by atoms with Crippen LogP contribution >= 0.6 is 0 Å². The van der Waals surface area contributed by atoms with E-state index < -0.39 is 6.10 Å². The maximum absolute atomic E-state index is 9.81. The number of aromatic nitrogens is 1. The Hall–Kier alpha value is -1.87. The van der Waals surface area contributed by atoms with E-state index in [2.05, 4.69) is 4.98 Å². The summed E-state index contributed by atoms with van der Waals surface area (Å²) in [5, 5.41) is 9.81. The van der Waals surface area contributed by atoms with Crippen molar-refractivity contribution >= 4 is 0 Å². The molecule has 0 amide bonds. The van der Waals surface area contributed by atoms with Crippen LogP contribution in [0.4, 0.5) is 0 Å². The molecule has 18 heavy (non-hydrogen) atoms. The summed E-state index contributed by atoms with van der Waals surface area (Å²) < 4.78 is 5.63. The minimum Gasteiger partial charge on any atom is -0.439 e. The lowest BCUT2D eigenvalue weighted by Gasteiger charge is -2.12. The highest BCUT2D eigenvalue weighted by atomic mass is 16.5. The number of benzene rings is 1. The minimum absolute atomic E-state index is 0.455. The first-order valence-corrected chi connectivity index (χ1v) is 6.09. The lowest BCUT2D eigenvalue weighted by atomic mass is 10.1. The number of nitrogens with zero attached hydrogens (tertiary/aromatic N) is 1. The second-order valence-electron chi connectivity index (χ2n) is 4.16. The van der Waals surface area contributed by atoms with Gasteiger partial charge in [0.05, 0.1) is 6.10 Å². The number of pyridine rings is 1. The Morgan fingerprint density at radius 3 is 2.50 bits per heavy atom. The first-order valence-electron chi connectivity index (χ1n) is 6.09. The summed E-state index contributed by atoms with van der Waals surface area (Å²) in [5.74, 6) is 1.30. The number of hydrogen-bond acceptors (Lipinski definition) is 3. The van der Waals surface area contributed by atoms with Crippen LogP contribution in [-0.4, -0.2) is 10.1 Å². The zero-order valence-electron chi connectivity index (χ0n) is 10.6. The molecule has 3 heteroatoms. The van der Waals surface area contributed by atoms with Crippen molar-refractivity contribution in [2.24, 2.45) is 0 Å². The second-order valence-corrected chi connectivity index (χ2v) is 4.16. The van der Waals surface area contributed by atoms with Crippen molar-refractivity contribution in [1.82, 2.24) is 4.98 Å². The number of hydrogen-bond donors (Lipinski definition) is 1. The van der Waals surface area contributed by atoms with Crippen LogP contribution in [0.25, 0.3) is 0 Å². The van der Waals surface area contributed by atoms with Gasteiger partial charge in [0.15, 0.2) is 0 Å². The highest BCUT2D eigenvalue weighted by Crippen LogP contribution is 2.24. The Morgan fingerprint density at radius 2 is 1.89 bits per heavy atom. The van der Waals surface area contributed by atoms with Crippen LogP contribution in [0.3, 0.4) is 0 Å². The first kappa shape index (κ1) is 12.6. The van der Waals surface area contributed by atoms with Gasteiger partial charge in [0.1, 0.15) is 5.75 Å². The van der Waals surface area contributed by atoms with Crippen LogP contribution in [0.1, 0.15) is 30.7 Å². The Bertz CT molecular complexity index is 511. The van der Waals surface area contributed by atoms with Crippen molar-refractivity contribution in [1.29, 1.82) is 0 Å². The molecule has 0 aliphatic heterocycles. The number of aliphatic hydroxyl groups is 1. The Balaban J connectivity index is 2.19. The van der Waals surface area contributed by atoms with E-state index in [-0.39, 0.29) is 0 Å². The molecular formula is C15H17NO2. The van der Waals surface area contributed by atoms with Gasteiger partial charge in [-0.3, -0.25) is 0 Å². The Morgan fingerprint density at radius 1 is 1.17 bits per heavy atom. The summed E-state index contributed by atoms with van der Waals surface area (Å²) in [6, 6.07) is 13.2. The highest BCUT2D eigenvalue weighted by molar-refractivity contribution is 5.31. The number of para-hydroxylation sites is 1. The van der Waals surface area contributed by atoms with E-state index in [9.17, 15) is 5.11 Å². The van der Waals surface area contributed by atoms with Crippen molar-refractivity contribution < 1.29 is 9.84 Å². The summed E-state index contributed by atoms with van der Waals surface area (Å²) in [6.45, 7) is 3.82. The first-order chi connectivity index (χ1) is 8.70. The topological polar surface area (TPSA) is 42.4 Å². The normalized spacial score (nSPS) is 12.2. The molecule has 0 radical (unpaired) electrons. The molecule has 2 aromatic rings. The van der Waals surface area contributed by atoms with Crippen molar-refractivity contribution in [3.63, 3.8) is 0 Å². The minimum atomic E-state index is -0.455. The van der Waals surface area contributed by atoms with Crippen molar-refractivity contribution in [2.45, 2.75) is 26.4 Å². The van der Waals surface area contributed by atoms with E-state index in [1.54, 1.807) is 6.07 Å². The molecule has 1 aromatic carbocycles. The summed E-state index contributed by atoms with van der Waals surface area (Å²) in [4.78, 5) is 4.36. The molecule has 1 N–H and O–H groups in total. The molecular weight excluding hydrogens is 226 g/mol. The monoisotopic (exact) mass is 243 g/mol. The van der Waals surface area contributed by atoms with Gasteiger partial charge in [-0.2, -0.15) is 0 Å². The largest absolute Gasteiger partial charge is 0.439 e. The summed E-state index contributed by atoms with van der Waals surface area (Å²) in [7, 11) is 0. The van der Waals surface area contributed by atoms with Gasteiger partial charge in [0.25, 0.3) is 0 Å². The van der Waals surface area contributed by atoms with E-state index in [1.165, 1.54) is 0 Å². The summed E-state index contributed by atoms with van der Waals surface area (Å²) in [5.41, 5.74) is 1.66. The van der Waals surface area contributed by atoms with Gasteiger partial charge in [0, 0.05) is 17.3 Å². The standard InChI is InChI=1S/C15H17NO2/c1-3-14(17)13-9-10-15(16-11(13)2)18-12-7-5-4-6-8-12/h4-10,14,17H,3H2,1-2H3/t14-/m1/s1. The molecule has 3 nitrogen and oxygen atoms in total. The summed E-state index contributed by atoms with van der Waals surface area (Å²) >= 11 is 0. The molecule has 0 saturated heterocycles. The predicted octanol–water partition coefficient (Wildman–Crippen LogP) is 3.63. The van der Waals surface area contributed by atoms with Crippen LogP contribution in [0.15, 0.2) is 42.5 Å². The second kappa shape index (κ2) is 5.65. The number of aliphatic hydroxyl groups excluding tert-OH is 1. The lowest BCUT2D eigenvalue weighted by Crippen LogP contribution is -2.01. The molecule has 94 valence electrons. The molecule has 0 bridgehead atoms. The van der Waals surface area contributed by atoms with E-state index in [1.807, 2.05) is 50.2 Å². The van der Waals surface area contributed by atoms with Crippen LogP contribution in [0.5, 0.6) is 11.6 Å². The van der Waals surface area contributed by atoms with Crippen LogP contribution in [0.2, 0.25) is 0 Å². The zero-order valence-corrected chi connectivity index (χ0v) is 10.6. The third-order valence-corrected chi connectivity index (χ3v) is 2.81. The molecule has 0 fully saturated rings. The van der Waals surface area contributed by atoms with E-state index in [0.717, 1.165) is 17.0 Å². The average Bonchev–Trinajstić information content (AvgIpc) is 2.39. The number of aryl methyl sites for hydroxylation is 1. The van der Waals surface area contributed by atoms with E-state index in [0.29, 0.717) is 12.3 Å². The predicted molar refractivity (Wildman–Crippen MR) is 70.7 cm³/mol. The van der Waals surface area contributed by atoms with Crippen molar-refractivity contribution in [3.05, 3.63) is 53.7 Å². The molecule has 0 aliphatic rings. The molecule has 1 atom stereocenters. The average molecular weight is 243 g/mol. The van der Waals surface area contributed by atoms with Gasteiger partial charge >= 0.3 is 0 Å². The molecule has 0 aliphatic carbocycles. The fraction of sp³-hybridized carbons (Fsp3) is 0.267. The number of ether oxygens (including phenoxy) is 1. The van der Waals surface area contributed by atoms with Gasteiger partial charge in [-0.25, -0.2) is 4.98 Å².